The second-order valence-electron chi connectivity index (χ2n) is 7.64. The summed E-state index contributed by atoms with van der Waals surface area (Å²) in [7, 11) is -3.89. The lowest BCUT2D eigenvalue weighted by Gasteiger charge is -2.27. The summed E-state index contributed by atoms with van der Waals surface area (Å²) >= 11 is 0. The van der Waals surface area contributed by atoms with Crippen molar-refractivity contribution in [1.29, 1.82) is 0 Å². The predicted octanol–water partition coefficient (Wildman–Crippen LogP) is 3.91. The Morgan fingerprint density at radius 2 is 1.61 bits per heavy atom. The Bertz CT molecular complexity index is 1300. The Morgan fingerprint density at radius 3 is 2.29 bits per heavy atom. The van der Waals surface area contributed by atoms with E-state index in [1.807, 2.05) is 50.2 Å². The second-order valence-corrected chi connectivity index (χ2v) is 9.51. The molecule has 0 radical (unpaired) electrons. The molecule has 1 heterocycles. The molecule has 1 aromatic heterocycles. The fourth-order valence-corrected chi connectivity index (χ4v) is 5.24. The number of aliphatic hydroxyl groups is 1. The Labute approximate surface area is 182 Å². The van der Waals surface area contributed by atoms with Crippen LogP contribution in [0.25, 0.3) is 10.8 Å². The SMILES string of the molecule is Cc1cc(C)n(C[C@H](O)CN(c2ccccc2)S(=O)(=O)c2ccc3ccccc3c2)n1. The van der Waals surface area contributed by atoms with E-state index in [0.717, 1.165) is 22.2 Å². The van der Waals surface area contributed by atoms with Crippen LogP contribution >= 0.6 is 0 Å². The third kappa shape index (κ3) is 4.47. The van der Waals surface area contributed by atoms with Crippen LogP contribution in [0.2, 0.25) is 0 Å². The number of benzene rings is 3. The number of fused-ring (bicyclic) bond motifs is 1. The van der Waals surface area contributed by atoms with Crippen molar-refractivity contribution >= 4 is 26.5 Å². The molecular weight excluding hydrogens is 410 g/mol. The van der Waals surface area contributed by atoms with Crippen LogP contribution in [0.4, 0.5) is 5.69 Å². The third-order valence-electron chi connectivity index (χ3n) is 5.22. The van der Waals surface area contributed by atoms with Gasteiger partial charge in [0, 0.05) is 5.69 Å². The average Bonchev–Trinajstić information content (AvgIpc) is 3.08. The van der Waals surface area contributed by atoms with E-state index in [0.29, 0.717) is 5.69 Å². The highest BCUT2D eigenvalue weighted by Crippen LogP contribution is 2.26. The van der Waals surface area contributed by atoms with E-state index in [2.05, 4.69) is 5.10 Å². The van der Waals surface area contributed by atoms with Crippen LogP contribution in [-0.2, 0) is 16.6 Å². The number of hydrogen-bond acceptors (Lipinski definition) is 4. The summed E-state index contributed by atoms with van der Waals surface area (Å²) in [5.41, 5.74) is 2.27. The van der Waals surface area contributed by atoms with Crippen molar-refractivity contribution < 1.29 is 13.5 Å². The lowest BCUT2D eigenvalue weighted by atomic mass is 10.1. The topological polar surface area (TPSA) is 75.4 Å². The molecule has 0 unspecified atom stereocenters. The summed E-state index contributed by atoms with van der Waals surface area (Å²) in [5, 5.41) is 17.0. The Hall–Kier alpha value is -3.16. The lowest BCUT2D eigenvalue weighted by Crippen LogP contribution is -2.39. The molecule has 31 heavy (non-hydrogen) atoms. The molecule has 0 aliphatic rings. The summed E-state index contributed by atoms with van der Waals surface area (Å²) in [6, 6.07) is 23.5. The van der Waals surface area contributed by atoms with Crippen LogP contribution < -0.4 is 4.31 Å². The zero-order valence-electron chi connectivity index (χ0n) is 17.5. The Kier molecular flexibility index (Phi) is 5.80. The fraction of sp³-hybridized carbons (Fsp3) is 0.208. The van der Waals surface area contributed by atoms with Crippen LogP contribution in [0.1, 0.15) is 11.4 Å². The van der Waals surface area contributed by atoms with Crippen molar-refractivity contribution in [3.63, 3.8) is 0 Å². The van der Waals surface area contributed by atoms with E-state index in [1.165, 1.54) is 4.31 Å². The summed E-state index contributed by atoms with van der Waals surface area (Å²) in [6.07, 6.45) is -0.937. The van der Waals surface area contributed by atoms with Crippen LogP contribution in [0.3, 0.4) is 0 Å². The highest BCUT2D eigenvalue weighted by Gasteiger charge is 2.27. The number of rotatable bonds is 7. The molecule has 0 fully saturated rings. The molecule has 1 atom stereocenters. The molecule has 0 saturated carbocycles. The smallest absolute Gasteiger partial charge is 0.264 e. The minimum absolute atomic E-state index is 0.0858. The molecule has 4 rings (SSSR count). The minimum atomic E-state index is -3.89. The van der Waals surface area contributed by atoms with Gasteiger partial charge in [-0.3, -0.25) is 8.99 Å². The number of sulfonamides is 1. The molecule has 3 aromatic carbocycles. The van der Waals surface area contributed by atoms with E-state index >= 15 is 0 Å². The molecule has 0 saturated heterocycles. The molecule has 0 bridgehead atoms. The van der Waals surface area contributed by atoms with Crippen LogP contribution in [0.5, 0.6) is 0 Å². The van der Waals surface area contributed by atoms with Crippen molar-refractivity contribution in [2.24, 2.45) is 0 Å². The molecule has 1 N–H and O–H groups in total. The largest absolute Gasteiger partial charge is 0.389 e. The number of para-hydroxylation sites is 1. The molecule has 0 amide bonds. The van der Waals surface area contributed by atoms with Gasteiger partial charge in [-0.1, -0.05) is 48.5 Å². The average molecular weight is 436 g/mol. The summed E-state index contributed by atoms with van der Waals surface area (Å²) in [5.74, 6) is 0. The molecule has 0 spiro atoms. The van der Waals surface area contributed by atoms with E-state index < -0.39 is 16.1 Å². The van der Waals surface area contributed by atoms with Gasteiger partial charge in [-0.25, -0.2) is 8.42 Å². The monoisotopic (exact) mass is 435 g/mol. The van der Waals surface area contributed by atoms with Gasteiger partial charge in [0.25, 0.3) is 10.0 Å². The Balaban J connectivity index is 1.69. The van der Waals surface area contributed by atoms with Crippen molar-refractivity contribution in [2.45, 2.75) is 31.4 Å². The first kappa shape index (κ1) is 21.1. The molecule has 7 heteroatoms. The maximum atomic E-state index is 13.6. The quantitative estimate of drug-likeness (QED) is 0.478. The van der Waals surface area contributed by atoms with Gasteiger partial charge >= 0.3 is 0 Å². The number of anilines is 1. The zero-order chi connectivity index (χ0) is 22.0. The Morgan fingerprint density at radius 1 is 0.935 bits per heavy atom. The highest BCUT2D eigenvalue weighted by molar-refractivity contribution is 7.92. The molecule has 0 aliphatic carbocycles. The van der Waals surface area contributed by atoms with Crippen molar-refractivity contribution in [1.82, 2.24) is 9.78 Å². The van der Waals surface area contributed by atoms with Crippen LogP contribution in [-0.4, -0.2) is 36.0 Å². The molecule has 4 aromatic rings. The van der Waals surface area contributed by atoms with E-state index in [1.54, 1.807) is 47.1 Å². The normalized spacial score (nSPS) is 12.7. The minimum Gasteiger partial charge on any atom is -0.389 e. The number of aromatic nitrogens is 2. The molecule has 6 nitrogen and oxygen atoms in total. The number of aliphatic hydroxyl groups excluding tert-OH is 1. The first-order chi connectivity index (χ1) is 14.8. The van der Waals surface area contributed by atoms with Crippen molar-refractivity contribution in [2.75, 3.05) is 10.8 Å². The standard InChI is InChI=1S/C24H25N3O3S/c1-18-14-19(2)26(25-18)16-23(28)17-27(22-10-4-3-5-11-22)31(29,30)24-13-12-20-8-6-7-9-21(20)15-24/h3-15,23,28H,16-17H2,1-2H3/t23-/m0/s1. The molecular formula is C24H25N3O3S. The van der Waals surface area contributed by atoms with E-state index in [4.69, 9.17) is 0 Å². The van der Waals surface area contributed by atoms with E-state index in [-0.39, 0.29) is 18.0 Å². The lowest BCUT2D eigenvalue weighted by molar-refractivity contribution is 0.157. The van der Waals surface area contributed by atoms with Gasteiger partial charge < -0.3 is 5.11 Å². The van der Waals surface area contributed by atoms with Crippen LogP contribution in [0.15, 0.2) is 83.8 Å². The van der Waals surface area contributed by atoms with Gasteiger partial charge in [0.2, 0.25) is 0 Å². The maximum absolute atomic E-state index is 13.6. The third-order valence-corrected chi connectivity index (χ3v) is 7.01. The maximum Gasteiger partial charge on any atom is 0.264 e. The molecule has 0 aliphatic heterocycles. The summed E-state index contributed by atoms with van der Waals surface area (Å²) in [4.78, 5) is 0.188. The molecule has 160 valence electrons. The van der Waals surface area contributed by atoms with Gasteiger partial charge in [-0.05, 0) is 55.0 Å². The second kappa shape index (κ2) is 8.53. The van der Waals surface area contributed by atoms with Crippen LogP contribution in [0, 0.1) is 13.8 Å². The number of aryl methyl sites for hydroxylation is 2. The first-order valence-electron chi connectivity index (χ1n) is 10.1. The number of hydrogen-bond donors (Lipinski definition) is 1. The fourth-order valence-electron chi connectivity index (χ4n) is 3.70. The van der Waals surface area contributed by atoms with Gasteiger partial charge in [0.1, 0.15) is 0 Å². The van der Waals surface area contributed by atoms with E-state index in [9.17, 15) is 13.5 Å². The summed E-state index contributed by atoms with van der Waals surface area (Å²) in [6.45, 7) is 3.91. The highest BCUT2D eigenvalue weighted by atomic mass is 32.2. The number of nitrogens with zero attached hydrogens (tertiary/aromatic N) is 3. The van der Waals surface area contributed by atoms with Gasteiger partial charge in [0.15, 0.2) is 0 Å². The van der Waals surface area contributed by atoms with Gasteiger partial charge in [-0.2, -0.15) is 5.10 Å². The first-order valence-corrected chi connectivity index (χ1v) is 11.5. The summed E-state index contributed by atoms with van der Waals surface area (Å²) < 4.78 is 30.2. The van der Waals surface area contributed by atoms with Crippen molar-refractivity contribution in [3.8, 4) is 0 Å². The zero-order valence-corrected chi connectivity index (χ0v) is 18.3. The van der Waals surface area contributed by atoms with Gasteiger partial charge in [0.05, 0.1) is 35.5 Å². The van der Waals surface area contributed by atoms with Gasteiger partial charge in [-0.15, -0.1) is 0 Å². The predicted molar refractivity (Wildman–Crippen MR) is 123 cm³/mol. The van der Waals surface area contributed by atoms with Crippen molar-refractivity contribution in [3.05, 3.63) is 90.3 Å².